The van der Waals surface area contributed by atoms with Gasteiger partial charge in [-0.1, -0.05) is 13.8 Å². The van der Waals surface area contributed by atoms with Crippen LogP contribution in [-0.4, -0.2) is 59.0 Å². The first kappa shape index (κ1) is 24.5. The molecule has 0 amide bonds. The number of ketones is 2. The summed E-state index contributed by atoms with van der Waals surface area (Å²) < 4.78 is 33.4. The Labute approximate surface area is 182 Å². The van der Waals surface area contributed by atoms with Crippen LogP contribution in [0.4, 0.5) is 0 Å². The summed E-state index contributed by atoms with van der Waals surface area (Å²) >= 11 is 0. The molecule has 0 saturated heterocycles. The van der Waals surface area contributed by atoms with Gasteiger partial charge in [0.05, 0.1) is 5.69 Å². The van der Waals surface area contributed by atoms with Crippen molar-refractivity contribution in [2.45, 2.75) is 52.5 Å². The van der Waals surface area contributed by atoms with Gasteiger partial charge in [-0.05, 0) is 39.3 Å². The van der Waals surface area contributed by atoms with Crippen molar-refractivity contribution in [2.75, 3.05) is 13.1 Å². The van der Waals surface area contributed by atoms with Crippen molar-refractivity contribution in [1.29, 1.82) is 0 Å². The van der Waals surface area contributed by atoms with E-state index in [4.69, 9.17) is 4.74 Å². The number of nitrogens with zero attached hydrogens (tertiary/aromatic N) is 2. The molecule has 0 aliphatic heterocycles. The first-order valence-corrected chi connectivity index (χ1v) is 11.4. The van der Waals surface area contributed by atoms with Crippen molar-refractivity contribution in [3.8, 4) is 0 Å². The van der Waals surface area contributed by atoms with Crippen LogP contribution in [0.5, 0.6) is 0 Å². The fraction of sp³-hybridized carbons (Fsp3) is 0.476. The normalized spacial score (nSPS) is 12.8. The van der Waals surface area contributed by atoms with Gasteiger partial charge >= 0.3 is 5.97 Å². The van der Waals surface area contributed by atoms with Crippen molar-refractivity contribution >= 4 is 27.6 Å². The molecular weight excluding hydrogens is 422 g/mol. The highest BCUT2D eigenvalue weighted by Crippen LogP contribution is 2.22. The van der Waals surface area contributed by atoms with E-state index in [1.165, 1.54) is 42.0 Å². The third kappa shape index (κ3) is 4.64. The molecule has 1 unspecified atom stereocenters. The van der Waals surface area contributed by atoms with Crippen LogP contribution in [0.1, 0.15) is 70.3 Å². The average molecular weight is 452 g/mol. The number of rotatable bonds is 9. The third-order valence-electron chi connectivity index (χ3n) is 5.22. The highest BCUT2D eigenvalue weighted by molar-refractivity contribution is 7.89. The smallest absolute Gasteiger partial charge is 0.355 e. The van der Waals surface area contributed by atoms with Crippen LogP contribution >= 0.6 is 0 Å². The van der Waals surface area contributed by atoms with Gasteiger partial charge < -0.3 is 14.3 Å². The maximum Gasteiger partial charge on any atom is 0.355 e. The Bertz CT molecular complexity index is 1120. The summed E-state index contributed by atoms with van der Waals surface area (Å²) in [6.45, 7) is 10.3. The van der Waals surface area contributed by atoms with Gasteiger partial charge in [0.1, 0.15) is 10.6 Å². The predicted molar refractivity (Wildman–Crippen MR) is 115 cm³/mol. The number of hydrogen-bond donors (Lipinski definition) is 1. The molecule has 1 N–H and O–H groups in total. The fourth-order valence-electron chi connectivity index (χ4n) is 3.59. The van der Waals surface area contributed by atoms with E-state index in [0.29, 0.717) is 29.9 Å². The average Bonchev–Trinajstić information content (AvgIpc) is 3.21. The zero-order valence-electron chi connectivity index (χ0n) is 18.9. The largest absolute Gasteiger partial charge is 0.450 e. The highest BCUT2D eigenvalue weighted by Gasteiger charge is 2.29. The van der Waals surface area contributed by atoms with E-state index in [1.807, 2.05) is 0 Å². The van der Waals surface area contributed by atoms with Crippen LogP contribution in [-0.2, 0) is 21.8 Å². The molecule has 0 aliphatic rings. The molecule has 1 atom stereocenters. The minimum absolute atomic E-state index is 0.00851. The second-order valence-electron chi connectivity index (χ2n) is 7.35. The van der Waals surface area contributed by atoms with Crippen molar-refractivity contribution in [1.82, 2.24) is 13.9 Å². The molecule has 2 heterocycles. The SMILES string of the molecule is CCN(CC)S(=O)(=O)c1cc(C(=O)OC(C)C(=O)c2[nH]c(C)c(C(C)=O)c2C)n(C)c1. The molecule has 0 aliphatic carbocycles. The maximum absolute atomic E-state index is 12.8. The second-order valence-corrected chi connectivity index (χ2v) is 9.29. The molecule has 10 heteroatoms. The van der Waals surface area contributed by atoms with Gasteiger partial charge in [0.15, 0.2) is 11.9 Å². The standard InChI is InChI=1S/C21H29N3O6S/c1-8-24(9-2)31(28,29)16-10-17(23(7)11-16)21(27)30-15(6)20(26)19-12(3)18(14(5)25)13(4)22-19/h10-11,15,22H,8-9H2,1-7H3. The number of aryl methyl sites for hydroxylation is 2. The molecule has 2 aromatic rings. The Hall–Kier alpha value is -2.72. The van der Waals surface area contributed by atoms with E-state index in [9.17, 15) is 22.8 Å². The van der Waals surface area contributed by atoms with Crippen LogP contribution in [0.2, 0.25) is 0 Å². The predicted octanol–water partition coefficient (Wildman–Crippen LogP) is 2.63. The molecule has 170 valence electrons. The van der Waals surface area contributed by atoms with Crippen LogP contribution < -0.4 is 0 Å². The topological polar surface area (TPSA) is 119 Å². The molecule has 0 radical (unpaired) electrons. The van der Waals surface area contributed by atoms with Crippen LogP contribution in [0, 0.1) is 13.8 Å². The van der Waals surface area contributed by atoms with E-state index in [2.05, 4.69) is 4.98 Å². The molecule has 0 aromatic carbocycles. The molecule has 0 saturated carbocycles. The minimum atomic E-state index is -3.74. The lowest BCUT2D eigenvalue weighted by molar-refractivity contribution is 0.0307. The van der Waals surface area contributed by atoms with Crippen LogP contribution in [0.25, 0.3) is 0 Å². The van der Waals surface area contributed by atoms with Gasteiger partial charge in [-0.15, -0.1) is 0 Å². The molecule has 0 spiro atoms. The molecule has 0 fully saturated rings. The maximum atomic E-state index is 12.8. The minimum Gasteiger partial charge on any atom is -0.450 e. The van der Waals surface area contributed by atoms with E-state index in [1.54, 1.807) is 27.7 Å². The summed E-state index contributed by atoms with van der Waals surface area (Å²) in [5.74, 6) is -1.47. The lowest BCUT2D eigenvalue weighted by atomic mass is 10.0. The second kappa shape index (κ2) is 9.19. The Balaban J connectivity index is 2.26. The number of ether oxygens (including phenoxy) is 1. The van der Waals surface area contributed by atoms with Gasteiger partial charge in [0.25, 0.3) is 0 Å². The van der Waals surface area contributed by atoms with Crippen LogP contribution in [0.3, 0.4) is 0 Å². The zero-order chi connectivity index (χ0) is 23.7. The van der Waals surface area contributed by atoms with E-state index < -0.39 is 27.9 Å². The van der Waals surface area contributed by atoms with Gasteiger partial charge in [-0.3, -0.25) is 9.59 Å². The lowest BCUT2D eigenvalue weighted by Gasteiger charge is -2.17. The van der Waals surface area contributed by atoms with E-state index in [0.717, 1.165) is 0 Å². The first-order chi connectivity index (χ1) is 14.4. The zero-order valence-corrected chi connectivity index (χ0v) is 19.7. The van der Waals surface area contributed by atoms with Crippen molar-refractivity contribution < 1.29 is 27.5 Å². The Morgan fingerprint density at radius 1 is 1.19 bits per heavy atom. The quantitative estimate of drug-likeness (QED) is 0.462. The summed E-state index contributed by atoms with van der Waals surface area (Å²) in [6.07, 6.45) is 0.204. The summed E-state index contributed by atoms with van der Waals surface area (Å²) in [4.78, 5) is 40.1. The lowest BCUT2D eigenvalue weighted by Crippen LogP contribution is -2.30. The van der Waals surface area contributed by atoms with Crippen molar-refractivity contribution in [3.05, 3.63) is 40.5 Å². The number of carbonyl (C=O) groups excluding carboxylic acids is 3. The molecular formula is C21H29N3O6S. The molecule has 9 nitrogen and oxygen atoms in total. The first-order valence-electron chi connectivity index (χ1n) is 9.98. The third-order valence-corrected chi connectivity index (χ3v) is 7.24. The number of sulfonamides is 1. The molecule has 0 bridgehead atoms. The van der Waals surface area contributed by atoms with Crippen molar-refractivity contribution in [3.63, 3.8) is 0 Å². The Morgan fingerprint density at radius 2 is 1.77 bits per heavy atom. The fourth-order valence-corrected chi connectivity index (χ4v) is 5.12. The number of Topliss-reactive ketones (excluding diaryl/α,β-unsaturated/α-hetero) is 2. The molecule has 31 heavy (non-hydrogen) atoms. The van der Waals surface area contributed by atoms with Gasteiger partial charge in [-0.2, -0.15) is 4.31 Å². The number of aromatic amines is 1. The van der Waals surface area contributed by atoms with Gasteiger partial charge in [0.2, 0.25) is 15.8 Å². The number of nitrogens with one attached hydrogen (secondary N) is 1. The summed E-state index contributed by atoms with van der Waals surface area (Å²) in [6, 6.07) is 1.24. The number of aromatic nitrogens is 2. The molecule has 2 rings (SSSR count). The van der Waals surface area contributed by atoms with Crippen LogP contribution in [0.15, 0.2) is 17.2 Å². The van der Waals surface area contributed by atoms with Gasteiger partial charge in [0, 0.05) is 37.6 Å². The Kier molecular flexibility index (Phi) is 7.28. The number of hydrogen-bond acceptors (Lipinski definition) is 6. The summed E-state index contributed by atoms with van der Waals surface area (Å²) in [5, 5.41) is 0. The number of esters is 1. The summed E-state index contributed by atoms with van der Waals surface area (Å²) in [5.41, 5.74) is 1.73. The van der Waals surface area contributed by atoms with Gasteiger partial charge in [-0.25, -0.2) is 13.2 Å². The summed E-state index contributed by atoms with van der Waals surface area (Å²) in [7, 11) is -2.21. The van der Waals surface area contributed by atoms with E-state index in [-0.39, 0.29) is 22.1 Å². The number of carbonyl (C=O) groups is 3. The monoisotopic (exact) mass is 451 g/mol. The van der Waals surface area contributed by atoms with E-state index >= 15 is 0 Å². The molecule has 2 aromatic heterocycles. The number of H-pyrrole nitrogens is 1. The highest BCUT2D eigenvalue weighted by atomic mass is 32.2. The Morgan fingerprint density at radius 3 is 2.26 bits per heavy atom. The van der Waals surface area contributed by atoms with Crippen molar-refractivity contribution in [2.24, 2.45) is 7.05 Å².